The Morgan fingerprint density at radius 1 is 1.00 bits per heavy atom. The molecular formula is C20H24N4O2S. The molecule has 0 fully saturated rings. The molecule has 2 N–H and O–H groups in total. The van der Waals surface area contributed by atoms with Crippen molar-refractivity contribution < 1.29 is 8.42 Å². The first kappa shape index (κ1) is 19.1. The van der Waals surface area contributed by atoms with Crippen molar-refractivity contribution in [3.63, 3.8) is 0 Å². The fourth-order valence-electron chi connectivity index (χ4n) is 2.82. The second-order valence-electron chi connectivity index (χ2n) is 6.58. The maximum Gasteiger partial charge on any atom is 0.225 e. The number of fused-ring (bicyclic) bond motifs is 1. The van der Waals surface area contributed by atoms with Crippen LogP contribution in [-0.4, -0.2) is 30.2 Å². The smallest absolute Gasteiger partial charge is 0.225 e. The number of hydrogen-bond donors (Lipinski definition) is 2. The van der Waals surface area contributed by atoms with Crippen LogP contribution in [0, 0.1) is 0 Å². The second kappa shape index (κ2) is 7.92. The first-order chi connectivity index (χ1) is 12.9. The molecule has 0 aliphatic rings. The highest BCUT2D eigenvalue weighted by molar-refractivity contribution is 7.91. The lowest BCUT2D eigenvalue weighted by molar-refractivity contribution is 0.596. The van der Waals surface area contributed by atoms with Crippen LogP contribution in [0.2, 0.25) is 0 Å². The van der Waals surface area contributed by atoms with Crippen LogP contribution in [0.1, 0.15) is 26.3 Å². The van der Waals surface area contributed by atoms with E-state index in [0.717, 1.165) is 16.5 Å². The zero-order valence-corrected chi connectivity index (χ0v) is 16.5. The number of rotatable bonds is 7. The average Bonchev–Trinajstić information content (AvgIpc) is 2.65. The van der Waals surface area contributed by atoms with Crippen molar-refractivity contribution >= 4 is 32.5 Å². The molecule has 0 saturated heterocycles. The molecule has 2 aromatic carbocycles. The van der Waals surface area contributed by atoms with Crippen LogP contribution in [0.4, 0.5) is 11.8 Å². The normalized spacial score (nSPS) is 11.7. The number of para-hydroxylation sites is 1. The van der Waals surface area contributed by atoms with Crippen molar-refractivity contribution in [2.45, 2.75) is 38.3 Å². The molecule has 0 amide bonds. The highest BCUT2D eigenvalue weighted by Crippen LogP contribution is 2.24. The number of aromatic nitrogens is 2. The first-order valence-electron chi connectivity index (χ1n) is 8.98. The lowest BCUT2D eigenvalue weighted by atomic mass is 10.2. The molecule has 0 aliphatic carbocycles. The summed E-state index contributed by atoms with van der Waals surface area (Å²) in [5, 5.41) is 7.41. The van der Waals surface area contributed by atoms with Crippen LogP contribution in [-0.2, 0) is 16.4 Å². The maximum absolute atomic E-state index is 12.4. The molecule has 0 unspecified atom stereocenters. The number of benzene rings is 2. The van der Waals surface area contributed by atoms with Crippen molar-refractivity contribution in [2.24, 2.45) is 0 Å². The predicted molar refractivity (Wildman–Crippen MR) is 110 cm³/mol. The molecule has 6 nitrogen and oxygen atoms in total. The molecule has 0 atom stereocenters. The van der Waals surface area contributed by atoms with E-state index in [4.69, 9.17) is 0 Å². The molecule has 3 aromatic rings. The van der Waals surface area contributed by atoms with Gasteiger partial charge in [0.05, 0.1) is 16.2 Å². The Morgan fingerprint density at radius 2 is 1.70 bits per heavy atom. The van der Waals surface area contributed by atoms with Gasteiger partial charge in [0, 0.05) is 18.0 Å². The van der Waals surface area contributed by atoms with Crippen LogP contribution in [0.5, 0.6) is 0 Å². The number of anilines is 2. The van der Waals surface area contributed by atoms with Gasteiger partial charge in [-0.05, 0) is 37.6 Å². The van der Waals surface area contributed by atoms with E-state index < -0.39 is 9.84 Å². The Kier molecular flexibility index (Phi) is 5.60. The minimum atomic E-state index is -3.28. The van der Waals surface area contributed by atoms with E-state index in [-0.39, 0.29) is 11.8 Å². The van der Waals surface area contributed by atoms with Gasteiger partial charge < -0.3 is 10.6 Å². The van der Waals surface area contributed by atoms with E-state index in [1.54, 1.807) is 19.1 Å². The Balaban J connectivity index is 1.96. The van der Waals surface area contributed by atoms with Crippen molar-refractivity contribution in [3.05, 3.63) is 54.1 Å². The highest BCUT2D eigenvalue weighted by Gasteiger charge is 2.16. The quantitative estimate of drug-likeness (QED) is 0.644. The first-order valence-corrected chi connectivity index (χ1v) is 10.6. The molecule has 0 spiro atoms. The van der Waals surface area contributed by atoms with Gasteiger partial charge in [0.1, 0.15) is 5.82 Å². The molecule has 142 valence electrons. The van der Waals surface area contributed by atoms with E-state index in [1.165, 1.54) is 0 Å². The summed E-state index contributed by atoms with van der Waals surface area (Å²) in [5.41, 5.74) is 1.55. The summed E-state index contributed by atoms with van der Waals surface area (Å²) in [6.07, 6.45) is 0. The fraction of sp³-hybridized carbons (Fsp3) is 0.300. The molecule has 0 aliphatic heterocycles. The minimum absolute atomic E-state index is 0.0723. The Labute approximate surface area is 160 Å². The summed E-state index contributed by atoms with van der Waals surface area (Å²) in [6.45, 7) is 6.06. The molecule has 1 heterocycles. The van der Waals surface area contributed by atoms with Crippen molar-refractivity contribution in [3.8, 4) is 0 Å². The van der Waals surface area contributed by atoms with Gasteiger partial charge in [-0.25, -0.2) is 13.4 Å². The molecule has 1 aromatic heterocycles. The summed E-state index contributed by atoms with van der Waals surface area (Å²) in [5.74, 6) is 1.29. The maximum atomic E-state index is 12.4. The average molecular weight is 385 g/mol. The van der Waals surface area contributed by atoms with Crippen LogP contribution in [0.15, 0.2) is 53.4 Å². The van der Waals surface area contributed by atoms with Gasteiger partial charge in [0.15, 0.2) is 9.84 Å². The van der Waals surface area contributed by atoms with Crippen molar-refractivity contribution in [1.82, 2.24) is 9.97 Å². The molecule has 27 heavy (non-hydrogen) atoms. The van der Waals surface area contributed by atoms with E-state index in [1.807, 2.05) is 50.2 Å². The fourth-order valence-corrected chi connectivity index (χ4v) is 3.96. The van der Waals surface area contributed by atoms with E-state index in [9.17, 15) is 8.42 Å². The lowest BCUT2D eigenvalue weighted by Gasteiger charge is -2.14. The standard InChI is InChI=1S/C20H24N4O2S/c1-4-27(25,26)18-12-8-5-9-15(18)13-21-19-16-10-6-7-11-17(16)23-20(24-19)22-14(2)3/h5-12,14H,4,13H2,1-3H3,(H2,21,22,23,24). The summed E-state index contributed by atoms with van der Waals surface area (Å²) < 4.78 is 24.7. The number of sulfone groups is 1. The van der Waals surface area contributed by atoms with E-state index in [0.29, 0.717) is 23.2 Å². The molecule has 0 saturated carbocycles. The van der Waals surface area contributed by atoms with Gasteiger partial charge >= 0.3 is 0 Å². The van der Waals surface area contributed by atoms with Crippen LogP contribution in [0.3, 0.4) is 0 Å². The molecular weight excluding hydrogens is 360 g/mol. The number of nitrogens with zero attached hydrogens (tertiary/aromatic N) is 2. The highest BCUT2D eigenvalue weighted by atomic mass is 32.2. The lowest BCUT2D eigenvalue weighted by Crippen LogP contribution is -2.14. The largest absolute Gasteiger partial charge is 0.365 e. The summed E-state index contributed by atoms with van der Waals surface area (Å²) in [6, 6.07) is 15.0. The summed E-state index contributed by atoms with van der Waals surface area (Å²) in [4.78, 5) is 9.49. The molecule has 0 radical (unpaired) electrons. The van der Waals surface area contributed by atoms with E-state index >= 15 is 0 Å². The van der Waals surface area contributed by atoms with Gasteiger partial charge in [-0.3, -0.25) is 0 Å². The summed E-state index contributed by atoms with van der Waals surface area (Å²) in [7, 11) is -3.28. The SMILES string of the molecule is CCS(=O)(=O)c1ccccc1CNc1nc(NC(C)C)nc2ccccc12. The Hall–Kier alpha value is -2.67. The van der Waals surface area contributed by atoms with Gasteiger partial charge in [-0.1, -0.05) is 37.3 Å². The predicted octanol–water partition coefficient (Wildman–Crippen LogP) is 3.86. The minimum Gasteiger partial charge on any atom is -0.365 e. The Morgan fingerprint density at radius 3 is 2.44 bits per heavy atom. The van der Waals surface area contributed by atoms with Crippen LogP contribution < -0.4 is 10.6 Å². The number of hydrogen-bond acceptors (Lipinski definition) is 6. The third-order valence-electron chi connectivity index (χ3n) is 4.15. The van der Waals surface area contributed by atoms with Crippen LogP contribution in [0.25, 0.3) is 10.9 Å². The topological polar surface area (TPSA) is 84.0 Å². The molecule has 7 heteroatoms. The summed E-state index contributed by atoms with van der Waals surface area (Å²) >= 11 is 0. The Bertz CT molecular complexity index is 1050. The van der Waals surface area contributed by atoms with Crippen LogP contribution >= 0.6 is 0 Å². The number of nitrogens with one attached hydrogen (secondary N) is 2. The van der Waals surface area contributed by atoms with Crippen molar-refractivity contribution in [2.75, 3.05) is 16.4 Å². The van der Waals surface area contributed by atoms with Crippen molar-refractivity contribution in [1.29, 1.82) is 0 Å². The third-order valence-corrected chi connectivity index (χ3v) is 5.98. The van der Waals surface area contributed by atoms with Gasteiger partial charge in [-0.2, -0.15) is 4.98 Å². The second-order valence-corrected chi connectivity index (χ2v) is 8.82. The monoisotopic (exact) mass is 384 g/mol. The third kappa shape index (κ3) is 4.36. The molecule has 0 bridgehead atoms. The van der Waals surface area contributed by atoms with E-state index in [2.05, 4.69) is 20.6 Å². The van der Waals surface area contributed by atoms with Gasteiger partial charge in [0.25, 0.3) is 0 Å². The zero-order chi connectivity index (χ0) is 19.4. The zero-order valence-electron chi connectivity index (χ0n) is 15.7. The van der Waals surface area contributed by atoms with Gasteiger partial charge in [-0.15, -0.1) is 0 Å². The molecule has 3 rings (SSSR count). The van der Waals surface area contributed by atoms with Gasteiger partial charge in [0.2, 0.25) is 5.95 Å².